The van der Waals surface area contributed by atoms with E-state index in [4.69, 9.17) is 19.2 Å². The Morgan fingerprint density at radius 1 is 1.10 bits per heavy atom. The Labute approximate surface area is 243 Å². The summed E-state index contributed by atoms with van der Waals surface area (Å²) in [5.41, 5.74) is 4.52. The number of imidazole rings is 1. The molecule has 1 amide bonds. The SMILES string of the molecule is CCOC(=O)c1sc(-n2c([C@@H]3CCCC(=O)N3c3ccc(F)c(F)c3)nc3cc(-c4c(C)noc4C)ccc32)nc1C. The number of carbonyl (C=O) groups is 2. The van der Waals surface area contributed by atoms with Crippen LogP contribution in [-0.4, -0.2) is 38.2 Å². The van der Waals surface area contributed by atoms with Crippen molar-refractivity contribution in [3.63, 3.8) is 0 Å². The fourth-order valence-corrected chi connectivity index (χ4v) is 6.50. The molecular formula is C30H27F2N5O4S. The molecule has 6 rings (SSSR count). The van der Waals surface area contributed by atoms with Crippen LogP contribution in [0.15, 0.2) is 40.9 Å². The zero-order valence-electron chi connectivity index (χ0n) is 23.4. The molecule has 0 aliphatic carbocycles. The number of benzene rings is 2. The molecule has 3 aromatic heterocycles. The molecule has 1 aliphatic rings. The van der Waals surface area contributed by atoms with E-state index >= 15 is 0 Å². The third kappa shape index (κ3) is 4.65. The van der Waals surface area contributed by atoms with Crippen molar-refractivity contribution in [2.45, 2.75) is 53.0 Å². The Balaban J connectivity index is 1.57. The largest absolute Gasteiger partial charge is 0.462 e. The number of amides is 1. The number of rotatable bonds is 6. The second-order valence-electron chi connectivity index (χ2n) is 10.1. The molecule has 1 saturated heterocycles. The minimum atomic E-state index is -1.04. The highest BCUT2D eigenvalue weighted by Gasteiger charge is 2.36. The summed E-state index contributed by atoms with van der Waals surface area (Å²) in [5, 5.41) is 4.54. The van der Waals surface area contributed by atoms with E-state index in [0.29, 0.717) is 51.2 Å². The molecule has 0 bridgehead atoms. The van der Waals surface area contributed by atoms with Crippen LogP contribution in [0.5, 0.6) is 0 Å². The van der Waals surface area contributed by atoms with Gasteiger partial charge in [-0.15, -0.1) is 0 Å². The van der Waals surface area contributed by atoms with E-state index < -0.39 is 23.6 Å². The number of esters is 1. The number of hydrogen-bond donors (Lipinski definition) is 0. The number of nitrogens with zero attached hydrogens (tertiary/aromatic N) is 5. The summed E-state index contributed by atoms with van der Waals surface area (Å²) in [5.74, 6) is -1.58. The molecule has 0 unspecified atom stereocenters. The normalized spacial score (nSPS) is 15.5. The van der Waals surface area contributed by atoms with Crippen molar-refractivity contribution in [3.05, 3.63) is 75.9 Å². The van der Waals surface area contributed by atoms with Crippen LogP contribution in [-0.2, 0) is 9.53 Å². The van der Waals surface area contributed by atoms with E-state index in [2.05, 4.69) is 5.16 Å². The number of piperidine rings is 1. The summed E-state index contributed by atoms with van der Waals surface area (Å²) < 4.78 is 40.6. The van der Waals surface area contributed by atoms with E-state index in [0.717, 1.165) is 29.0 Å². The summed E-state index contributed by atoms with van der Waals surface area (Å²) in [4.78, 5) is 37.6. The van der Waals surface area contributed by atoms with Crippen LogP contribution in [0.4, 0.5) is 14.5 Å². The maximum absolute atomic E-state index is 14.3. The summed E-state index contributed by atoms with van der Waals surface area (Å²) in [6, 6.07) is 8.58. The smallest absolute Gasteiger partial charge is 0.350 e. The van der Waals surface area contributed by atoms with E-state index in [1.54, 1.807) is 13.8 Å². The molecule has 1 atom stereocenters. The van der Waals surface area contributed by atoms with Gasteiger partial charge in [0.15, 0.2) is 16.8 Å². The van der Waals surface area contributed by atoms with Crippen molar-refractivity contribution < 1.29 is 27.6 Å². The summed E-state index contributed by atoms with van der Waals surface area (Å²) in [6.45, 7) is 7.40. The second-order valence-corrected chi connectivity index (χ2v) is 11.1. The molecule has 0 spiro atoms. The average molecular weight is 592 g/mol. The van der Waals surface area contributed by atoms with Crippen LogP contribution < -0.4 is 4.90 Å². The van der Waals surface area contributed by atoms with Crippen LogP contribution in [0, 0.1) is 32.4 Å². The van der Waals surface area contributed by atoms with Gasteiger partial charge in [0.1, 0.15) is 16.5 Å². The molecule has 0 radical (unpaired) electrons. The van der Waals surface area contributed by atoms with Gasteiger partial charge in [0, 0.05) is 23.7 Å². The molecule has 5 aromatic rings. The molecule has 9 nitrogen and oxygen atoms in total. The monoisotopic (exact) mass is 591 g/mol. The molecule has 2 aromatic carbocycles. The minimum absolute atomic E-state index is 0.225. The van der Waals surface area contributed by atoms with Crippen molar-refractivity contribution in [2.75, 3.05) is 11.5 Å². The van der Waals surface area contributed by atoms with Crippen LogP contribution in [0.2, 0.25) is 0 Å². The van der Waals surface area contributed by atoms with Gasteiger partial charge in [-0.3, -0.25) is 9.36 Å². The number of hydrogen-bond acceptors (Lipinski definition) is 8. The molecule has 216 valence electrons. The van der Waals surface area contributed by atoms with Crippen molar-refractivity contribution >= 4 is 39.9 Å². The fraction of sp³-hybridized carbons (Fsp3) is 0.300. The number of thiazole rings is 1. The van der Waals surface area contributed by atoms with Crippen molar-refractivity contribution in [1.29, 1.82) is 0 Å². The maximum Gasteiger partial charge on any atom is 0.350 e. The van der Waals surface area contributed by atoms with Crippen LogP contribution >= 0.6 is 11.3 Å². The molecule has 0 saturated carbocycles. The molecule has 0 N–H and O–H groups in total. The molecule has 1 fully saturated rings. The van der Waals surface area contributed by atoms with Crippen molar-refractivity contribution in [2.24, 2.45) is 0 Å². The third-order valence-corrected chi connectivity index (χ3v) is 8.49. The second kappa shape index (κ2) is 10.8. The Morgan fingerprint density at radius 2 is 1.90 bits per heavy atom. The Hall–Kier alpha value is -4.45. The van der Waals surface area contributed by atoms with Gasteiger partial charge < -0.3 is 14.2 Å². The zero-order chi connectivity index (χ0) is 29.7. The number of fused-ring (bicyclic) bond motifs is 1. The number of halogens is 2. The third-order valence-electron chi connectivity index (χ3n) is 7.37. The van der Waals surface area contributed by atoms with Crippen molar-refractivity contribution in [1.82, 2.24) is 19.7 Å². The van der Waals surface area contributed by atoms with Gasteiger partial charge in [0.2, 0.25) is 5.91 Å². The predicted octanol–water partition coefficient (Wildman–Crippen LogP) is 6.78. The first-order valence-corrected chi connectivity index (χ1v) is 14.4. The zero-order valence-corrected chi connectivity index (χ0v) is 24.2. The van der Waals surface area contributed by atoms with E-state index in [1.165, 1.54) is 22.3 Å². The topological polar surface area (TPSA) is 103 Å². The predicted molar refractivity (Wildman–Crippen MR) is 153 cm³/mol. The lowest BCUT2D eigenvalue weighted by molar-refractivity contribution is -0.120. The van der Waals surface area contributed by atoms with Crippen molar-refractivity contribution in [3.8, 4) is 16.3 Å². The quantitative estimate of drug-likeness (QED) is 0.201. The molecule has 12 heteroatoms. The first kappa shape index (κ1) is 27.7. The minimum Gasteiger partial charge on any atom is -0.462 e. The summed E-state index contributed by atoms with van der Waals surface area (Å²) in [6.07, 6.45) is 1.37. The van der Waals surface area contributed by atoms with E-state index in [9.17, 15) is 18.4 Å². The van der Waals surface area contributed by atoms with Crippen LogP contribution in [0.25, 0.3) is 27.3 Å². The average Bonchev–Trinajstić information content (AvgIpc) is 3.63. The Morgan fingerprint density at radius 3 is 2.62 bits per heavy atom. The number of aromatic nitrogens is 4. The lowest BCUT2D eigenvalue weighted by atomic mass is 9.99. The number of ether oxygens (including phenoxy) is 1. The van der Waals surface area contributed by atoms with Crippen LogP contribution in [0.1, 0.15) is 64.9 Å². The Bertz CT molecular complexity index is 1840. The lowest BCUT2D eigenvalue weighted by Gasteiger charge is -2.35. The van der Waals surface area contributed by atoms with E-state index in [-0.39, 0.29) is 24.6 Å². The molecular weight excluding hydrogens is 564 g/mol. The number of carbonyl (C=O) groups excluding carboxylic acids is 2. The fourth-order valence-electron chi connectivity index (χ4n) is 5.51. The van der Waals surface area contributed by atoms with Crippen LogP contribution in [0.3, 0.4) is 0 Å². The summed E-state index contributed by atoms with van der Waals surface area (Å²) >= 11 is 1.17. The van der Waals surface area contributed by atoms with Gasteiger partial charge in [-0.25, -0.2) is 23.5 Å². The number of aryl methyl sites for hydroxylation is 3. The number of anilines is 1. The van der Waals surface area contributed by atoms with Gasteiger partial charge in [0.25, 0.3) is 0 Å². The van der Waals surface area contributed by atoms with Gasteiger partial charge in [0.05, 0.1) is 35.1 Å². The van der Waals surface area contributed by atoms with E-state index in [1.807, 2.05) is 36.6 Å². The van der Waals surface area contributed by atoms with Gasteiger partial charge in [-0.1, -0.05) is 22.6 Å². The molecule has 42 heavy (non-hydrogen) atoms. The molecule has 1 aliphatic heterocycles. The summed E-state index contributed by atoms with van der Waals surface area (Å²) in [7, 11) is 0. The van der Waals surface area contributed by atoms with Gasteiger partial charge >= 0.3 is 5.97 Å². The standard InChI is InChI=1S/C30H27F2N5O4S/c1-5-40-29(39)27-16(3)33-30(42-27)37-23-12-9-18(26-15(2)35-41-17(26)4)13-22(23)34-28(37)24-7-6-8-25(38)36(24)19-10-11-20(31)21(32)14-19/h9-14,24H,5-8H2,1-4H3/t24-/m0/s1. The Kier molecular flexibility index (Phi) is 7.09. The van der Waals surface area contributed by atoms with Gasteiger partial charge in [-0.05, 0) is 70.4 Å². The highest BCUT2D eigenvalue weighted by Crippen LogP contribution is 2.40. The first-order chi connectivity index (χ1) is 20.2. The highest BCUT2D eigenvalue weighted by molar-refractivity contribution is 7.16. The van der Waals surface area contributed by atoms with Gasteiger partial charge in [-0.2, -0.15) is 0 Å². The first-order valence-electron chi connectivity index (χ1n) is 13.6. The molecule has 4 heterocycles. The maximum atomic E-state index is 14.3. The lowest BCUT2D eigenvalue weighted by Crippen LogP contribution is -2.39. The highest BCUT2D eigenvalue weighted by atomic mass is 32.1.